The molecule has 1 fully saturated rings. The van der Waals surface area contributed by atoms with Crippen LogP contribution < -0.4 is 15.8 Å². The van der Waals surface area contributed by atoms with E-state index in [4.69, 9.17) is 22.1 Å². The van der Waals surface area contributed by atoms with Crippen LogP contribution in [-0.2, 0) is 4.79 Å². The van der Waals surface area contributed by atoms with Crippen molar-refractivity contribution in [1.82, 2.24) is 5.32 Å². The molecule has 20 heavy (non-hydrogen) atoms. The van der Waals surface area contributed by atoms with Gasteiger partial charge < -0.3 is 15.8 Å². The van der Waals surface area contributed by atoms with E-state index >= 15 is 0 Å². The number of benzene rings is 1. The van der Waals surface area contributed by atoms with Crippen molar-refractivity contribution < 1.29 is 9.53 Å². The van der Waals surface area contributed by atoms with Crippen LogP contribution in [0.5, 0.6) is 5.75 Å². The van der Waals surface area contributed by atoms with Gasteiger partial charge in [-0.1, -0.05) is 24.4 Å². The van der Waals surface area contributed by atoms with Gasteiger partial charge in [0.2, 0.25) is 5.91 Å². The van der Waals surface area contributed by atoms with Gasteiger partial charge in [0, 0.05) is 11.6 Å². The molecule has 0 radical (unpaired) electrons. The predicted molar refractivity (Wildman–Crippen MR) is 80.0 cm³/mol. The van der Waals surface area contributed by atoms with Crippen molar-refractivity contribution >= 4 is 17.5 Å². The number of hydrogen-bond acceptors (Lipinski definition) is 3. The van der Waals surface area contributed by atoms with Gasteiger partial charge in [-0.25, -0.2) is 0 Å². The van der Waals surface area contributed by atoms with Crippen molar-refractivity contribution in [3.05, 3.63) is 29.3 Å². The molecule has 1 saturated carbocycles. The van der Waals surface area contributed by atoms with Crippen molar-refractivity contribution in [1.29, 1.82) is 0 Å². The van der Waals surface area contributed by atoms with Gasteiger partial charge in [-0.05, 0) is 37.1 Å². The lowest BCUT2D eigenvalue weighted by molar-refractivity contribution is -0.123. The molecule has 2 rings (SSSR count). The summed E-state index contributed by atoms with van der Waals surface area (Å²) in [6.07, 6.45) is 4.57. The quantitative estimate of drug-likeness (QED) is 0.848. The summed E-state index contributed by atoms with van der Waals surface area (Å²) in [7, 11) is 0. The zero-order chi connectivity index (χ0) is 14.4. The molecule has 0 saturated heterocycles. The summed E-state index contributed by atoms with van der Waals surface area (Å²) < 4.78 is 5.51. The maximum absolute atomic E-state index is 11.9. The minimum atomic E-state index is -0.183. The Labute approximate surface area is 124 Å². The Kier molecular flexibility index (Phi) is 5.26. The summed E-state index contributed by atoms with van der Waals surface area (Å²) in [5.41, 5.74) is 5.61. The second-order valence-corrected chi connectivity index (χ2v) is 5.73. The van der Waals surface area contributed by atoms with E-state index in [2.05, 4.69) is 5.32 Å². The molecule has 0 bridgehead atoms. The standard InChI is InChI=1S/C15H21ClN2O2/c16-12-3-5-13(6-4-12)20-10-7-14(19)18-15(11-17)8-1-2-9-15/h3-6H,1-2,7-11,17H2,(H,18,19). The van der Waals surface area contributed by atoms with Gasteiger partial charge in [-0.3, -0.25) is 4.79 Å². The van der Waals surface area contributed by atoms with E-state index in [0.717, 1.165) is 31.4 Å². The summed E-state index contributed by atoms with van der Waals surface area (Å²) in [6, 6.07) is 7.11. The van der Waals surface area contributed by atoms with Crippen LogP contribution in [0.2, 0.25) is 5.02 Å². The van der Waals surface area contributed by atoms with Gasteiger partial charge in [-0.15, -0.1) is 0 Å². The zero-order valence-electron chi connectivity index (χ0n) is 11.5. The predicted octanol–water partition coefficient (Wildman–Crippen LogP) is 2.50. The molecule has 1 aromatic rings. The van der Waals surface area contributed by atoms with Crippen LogP contribution in [0.15, 0.2) is 24.3 Å². The summed E-state index contributed by atoms with van der Waals surface area (Å²) in [4.78, 5) is 11.9. The van der Waals surface area contributed by atoms with Crippen LogP contribution in [0, 0.1) is 0 Å². The van der Waals surface area contributed by atoms with E-state index < -0.39 is 0 Å². The maximum atomic E-state index is 11.9. The number of hydrogen-bond donors (Lipinski definition) is 2. The minimum absolute atomic E-state index is 0.00585. The molecule has 1 aromatic carbocycles. The van der Waals surface area contributed by atoms with Crippen LogP contribution in [0.25, 0.3) is 0 Å². The average Bonchev–Trinajstić information content (AvgIpc) is 2.90. The van der Waals surface area contributed by atoms with Crippen LogP contribution in [0.4, 0.5) is 0 Å². The number of nitrogens with two attached hydrogens (primary N) is 1. The Morgan fingerprint density at radius 1 is 1.30 bits per heavy atom. The molecule has 0 heterocycles. The highest BCUT2D eigenvalue weighted by Crippen LogP contribution is 2.28. The summed E-state index contributed by atoms with van der Waals surface area (Å²) in [5, 5.41) is 3.74. The topological polar surface area (TPSA) is 64.3 Å². The maximum Gasteiger partial charge on any atom is 0.223 e. The smallest absolute Gasteiger partial charge is 0.223 e. The van der Waals surface area contributed by atoms with Gasteiger partial charge in [0.25, 0.3) is 0 Å². The normalized spacial score (nSPS) is 16.9. The molecular weight excluding hydrogens is 276 g/mol. The second-order valence-electron chi connectivity index (χ2n) is 5.29. The summed E-state index contributed by atoms with van der Waals surface area (Å²) in [6.45, 7) is 0.866. The fourth-order valence-electron chi connectivity index (χ4n) is 2.58. The third kappa shape index (κ3) is 4.12. The molecule has 0 spiro atoms. The molecular formula is C15H21ClN2O2. The monoisotopic (exact) mass is 296 g/mol. The lowest BCUT2D eigenvalue weighted by Gasteiger charge is -2.28. The molecule has 0 unspecified atom stereocenters. The van der Waals surface area contributed by atoms with E-state index in [1.54, 1.807) is 24.3 Å². The number of carbonyl (C=O) groups is 1. The van der Waals surface area contributed by atoms with E-state index in [1.165, 1.54) is 0 Å². The van der Waals surface area contributed by atoms with Gasteiger partial charge >= 0.3 is 0 Å². The van der Waals surface area contributed by atoms with E-state index in [-0.39, 0.29) is 11.4 Å². The Bertz CT molecular complexity index is 442. The molecule has 1 aliphatic rings. The highest BCUT2D eigenvalue weighted by molar-refractivity contribution is 6.30. The molecule has 1 aliphatic carbocycles. The minimum Gasteiger partial charge on any atom is -0.493 e. The second kappa shape index (κ2) is 6.95. The molecule has 5 heteroatoms. The first-order valence-corrected chi connectivity index (χ1v) is 7.41. The van der Waals surface area contributed by atoms with Crippen LogP contribution in [-0.4, -0.2) is 24.6 Å². The van der Waals surface area contributed by atoms with Gasteiger partial charge in [0.1, 0.15) is 5.75 Å². The van der Waals surface area contributed by atoms with Crippen LogP contribution in [0.1, 0.15) is 32.1 Å². The van der Waals surface area contributed by atoms with Crippen LogP contribution in [0.3, 0.4) is 0 Å². The largest absolute Gasteiger partial charge is 0.493 e. The number of carbonyl (C=O) groups excluding carboxylic acids is 1. The molecule has 0 atom stereocenters. The van der Waals surface area contributed by atoms with Crippen LogP contribution >= 0.6 is 11.6 Å². The third-order valence-corrected chi connectivity index (χ3v) is 4.02. The molecule has 1 amide bonds. The number of amides is 1. The van der Waals surface area contributed by atoms with Crippen molar-refractivity contribution in [2.75, 3.05) is 13.2 Å². The van der Waals surface area contributed by atoms with Gasteiger partial charge in [0.15, 0.2) is 0 Å². The first-order valence-electron chi connectivity index (χ1n) is 7.03. The Balaban J connectivity index is 1.73. The highest BCUT2D eigenvalue weighted by Gasteiger charge is 2.33. The fourth-order valence-corrected chi connectivity index (χ4v) is 2.71. The molecule has 3 N–H and O–H groups in total. The van der Waals surface area contributed by atoms with Crippen molar-refractivity contribution in [2.45, 2.75) is 37.6 Å². The summed E-state index contributed by atoms with van der Waals surface area (Å²) in [5.74, 6) is 0.725. The lowest BCUT2D eigenvalue weighted by atomic mass is 9.98. The van der Waals surface area contributed by atoms with Crippen molar-refractivity contribution in [3.8, 4) is 5.75 Å². The van der Waals surface area contributed by atoms with Crippen molar-refractivity contribution in [2.24, 2.45) is 5.73 Å². The first-order chi connectivity index (χ1) is 9.63. The van der Waals surface area contributed by atoms with E-state index in [1.807, 2.05) is 0 Å². The van der Waals surface area contributed by atoms with E-state index in [0.29, 0.717) is 24.6 Å². The zero-order valence-corrected chi connectivity index (χ0v) is 12.3. The molecule has 0 aromatic heterocycles. The molecule has 0 aliphatic heterocycles. The average molecular weight is 297 g/mol. The molecule has 110 valence electrons. The Morgan fingerprint density at radius 3 is 2.55 bits per heavy atom. The Hall–Kier alpha value is -1.26. The number of ether oxygens (including phenoxy) is 1. The van der Waals surface area contributed by atoms with E-state index in [9.17, 15) is 4.79 Å². The highest BCUT2D eigenvalue weighted by atomic mass is 35.5. The number of rotatable bonds is 6. The first kappa shape index (κ1) is 15.1. The Morgan fingerprint density at radius 2 is 1.95 bits per heavy atom. The fraction of sp³-hybridized carbons (Fsp3) is 0.533. The number of halogens is 1. The van der Waals surface area contributed by atoms with Gasteiger partial charge in [0.05, 0.1) is 18.6 Å². The third-order valence-electron chi connectivity index (χ3n) is 3.77. The van der Waals surface area contributed by atoms with Crippen molar-refractivity contribution in [3.63, 3.8) is 0 Å². The number of nitrogens with one attached hydrogen (secondary N) is 1. The molecule has 4 nitrogen and oxygen atoms in total. The SMILES string of the molecule is NCC1(NC(=O)CCOc2ccc(Cl)cc2)CCCC1. The lowest BCUT2D eigenvalue weighted by Crippen LogP contribution is -2.51. The summed E-state index contributed by atoms with van der Waals surface area (Å²) >= 11 is 5.79. The van der Waals surface area contributed by atoms with Gasteiger partial charge in [-0.2, -0.15) is 0 Å².